The SMILES string of the molecule is CCCNCc1cccc(Cl)c1Sc1nnc(SC)s1. The molecule has 0 saturated carbocycles. The van der Waals surface area contributed by atoms with E-state index >= 15 is 0 Å². The van der Waals surface area contributed by atoms with Gasteiger partial charge in [-0.3, -0.25) is 0 Å². The maximum atomic E-state index is 6.34. The zero-order valence-corrected chi connectivity index (χ0v) is 14.6. The van der Waals surface area contributed by atoms with E-state index in [1.54, 1.807) is 34.9 Å². The van der Waals surface area contributed by atoms with E-state index in [9.17, 15) is 0 Å². The van der Waals surface area contributed by atoms with Gasteiger partial charge in [-0.05, 0) is 30.9 Å². The van der Waals surface area contributed by atoms with Crippen LogP contribution in [0.2, 0.25) is 5.02 Å². The molecule has 20 heavy (non-hydrogen) atoms. The highest BCUT2D eigenvalue weighted by Gasteiger charge is 2.12. The second-order valence-corrected chi connectivity index (χ2v) is 7.74. The molecule has 0 aliphatic carbocycles. The van der Waals surface area contributed by atoms with Crippen molar-refractivity contribution >= 4 is 46.5 Å². The summed E-state index contributed by atoms with van der Waals surface area (Å²) in [5, 5.41) is 12.5. The molecule has 0 aliphatic rings. The molecular weight excluding hydrogens is 330 g/mol. The minimum absolute atomic E-state index is 0.770. The second kappa shape index (κ2) is 8.24. The van der Waals surface area contributed by atoms with Gasteiger partial charge in [-0.1, -0.05) is 65.5 Å². The average molecular weight is 346 g/mol. The molecule has 3 nitrogen and oxygen atoms in total. The van der Waals surface area contributed by atoms with E-state index in [4.69, 9.17) is 11.6 Å². The van der Waals surface area contributed by atoms with E-state index in [1.165, 1.54) is 5.56 Å². The summed E-state index contributed by atoms with van der Waals surface area (Å²) in [6.45, 7) is 3.99. The summed E-state index contributed by atoms with van der Waals surface area (Å²) in [5.74, 6) is 0. The molecule has 0 spiro atoms. The monoisotopic (exact) mass is 345 g/mol. The highest BCUT2D eigenvalue weighted by molar-refractivity contribution is 8.03. The Labute approximate surface area is 136 Å². The second-order valence-electron chi connectivity index (χ2n) is 4.04. The molecule has 0 saturated heterocycles. The first-order chi connectivity index (χ1) is 9.74. The van der Waals surface area contributed by atoms with Gasteiger partial charge in [0.1, 0.15) is 0 Å². The fraction of sp³-hybridized carbons (Fsp3) is 0.385. The lowest BCUT2D eigenvalue weighted by Crippen LogP contribution is -2.14. The van der Waals surface area contributed by atoms with Crippen LogP contribution in [0.3, 0.4) is 0 Å². The Morgan fingerprint density at radius 3 is 2.80 bits per heavy atom. The van der Waals surface area contributed by atoms with Gasteiger partial charge in [0.2, 0.25) is 0 Å². The molecule has 2 rings (SSSR count). The van der Waals surface area contributed by atoms with Gasteiger partial charge in [-0.15, -0.1) is 10.2 Å². The van der Waals surface area contributed by atoms with Crippen molar-refractivity contribution in [3.8, 4) is 0 Å². The number of hydrogen-bond acceptors (Lipinski definition) is 6. The molecule has 108 valence electrons. The smallest absolute Gasteiger partial charge is 0.179 e. The van der Waals surface area contributed by atoms with E-state index in [1.807, 2.05) is 18.4 Å². The van der Waals surface area contributed by atoms with Gasteiger partial charge >= 0.3 is 0 Å². The molecule has 0 fully saturated rings. The van der Waals surface area contributed by atoms with Crippen LogP contribution in [0.4, 0.5) is 0 Å². The van der Waals surface area contributed by atoms with Crippen LogP contribution >= 0.6 is 46.5 Å². The lowest BCUT2D eigenvalue weighted by molar-refractivity contribution is 0.669. The summed E-state index contributed by atoms with van der Waals surface area (Å²) in [6.07, 6.45) is 3.13. The number of aromatic nitrogens is 2. The standard InChI is InChI=1S/C13H16ClN3S3/c1-3-7-15-8-9-5-4-6-10(14)11(9)19-13-17-16-12(18-2)20-13/h4-6,15H,3,7-8H2,1-2H3. The van der Waals surface area contributed by atoms with Gasteiger partial charge in [-0.25, -0.2) is 0 Å². The van der Waals surface area contributed by atoms with Crippen LogP contribution in [0.25, 0.3) is 0 Å². The summed E-state index contributed by atoms with van der Waals surface area (Å²) in [4.78, 5) is 1.07. The van der Waals surface area contributed by atoms with Crippen LogP contribution in [0.15, 0.2) is 31.8 Å². The average Bonchev–Trinajstić information content (AvgIpc) is 2.90. The van der Waals surface area contributed by atoms with Crippen molar-refractivity contribution in [1.82, 2.24) is 15.5 Å². The van der Waals surface area contributed by atoms with E-state index in [0.29, 0.717) is 0 Å². The molecule has 1 N–H and O–H groups in total. The maximum Gasteiger partial charge on any atom is 0.179 e. The molecule has 1 aromatic heterocycles. The summed E-state index contributed by atoms with van der Waals surface area (Å²) in [5.41, 5.74) is 1.21. The molecule has 0 bridgehead atoms. The number of halogens is 1. The number of hydrogen-bond donors (Lipinski definition) is 1. The zero-order chi connectivity index (χ0) is 14.4. The third kappa shape index (κ3) is 4.36. The van der Waals surface area contributed by atoms with Crippen LogP contribution in [0, 0.1) is 0 Å². The molecule has 1 heterocycles. The molecular formula is C13H16ClN3S3. The molecule has 1 aromatic carbocycles. The normalized spacial score (nSPS) is 10.9. The quantitative estimate of drug-likeness (QED) is 0.588. The molecule has 7 heteroatoms. The van der Waals surface area contributed by atoms with Crippen molar-refractivity contribution < 1.29 is 0 Å². The molecule has 0 aliphatic heterocycles. The van der Waals surface area contributed by atoms with Gasteiger partial charge < -0.3 is 5.32 Å². The number of nitrogens with one attached hydrogen (secondary N) is 1. The fourth-order valence-electron chi connectivity index (χ4n) is 1.62. The largest absolute Gasteiger partial charge is 0.313 e. The van der Waals surface area contributed by atoms with Gasteiger partial charge in [0.05, 0.1) is 5.02 Å². The van der Waals surface area contributed by atoms with Crippen LogP contribution in [-0.4, -0.2) is 23.0 Å². The number of rotatable bonds is 7. The van der Waals surface area contributed by atoms with Gasteiger partial charge in [0, 0.05) is 11.4 Å². The van der Waals surface area contributed by atoms with Crippen molar-refractivity contribution in [2.45, 2.75) is 33.5 Å². The minimum atomic E-state index is 0.770. The van der Waals surface area contributed by atoms with Crippen molar-refractivity contribution in [1.29, 1.82) is 0 Å². The Kier molecular flexibility index (Phi) is 6.64. The summed E-state index contributed by atoms with van der Waals surface area (Å²) < 4.78 is 1.91. The first kappa shape index (κ1) is 16.1. The Bertz CT molecular complexity index is 560. The molecule has 0 radical (unpaired) electrons. The Hall–Kier alpha value is -0.270. The summed E-state index contributed by atoms with van der Waals surface area (Å²) in [6, 6.07) is 6.01. The predicted molar refractivity (Wildman–Crippen MR) is 89.3 cm³/mol. The number of nitrogens with zero attached hydrogens (tertiary/aromatic N) is 2. The van der Waals surface area contributed by atoms with Crippen molar-refractivity contribution in [3.05, 3.63) is 28.8 Å². The third-order valence-corrected chi connectivity index (χ3v) is 6.11. The van der Waals surface area contributed by atoms with Crippen LogP contribution in [0.1, 0.15) is 18.9 Å². The topological polar surface area (TPSA) is 37.8 Å². The van der Waals surface area contributed by atoms with E-state index in [-0.39, 0.29) is 0 Å². The molecule has 0 unspecified atom stereocenters. The molecule has 0 amide bonds. The van der Waals surface area contributed by atoms with Crippen molar-refractivity contribution in [2.75, 3.05) is 12.8 Å². The van der Waals surface area contributed by atoms with E-state index in [2.05, 4.69) is 28.5 Å². The number of benzene rings is 1. The van der Waals surface area contributed by atoms with Gasteiger partial charge in [-0.2, -0.15) is 0 Å². The lowest BCUT2D eigenvalue weighted by Gasteiger charge is -2.10. The zero-order valence-electron chi connectivity index (χ0n) is 11.4. The summed E-state index contributed by atoms with van der Waals surface area (Å²) >= 11 is 11.1. The first-order valence-electron chi connectivity index (χ1n) is 6.28. The highest BCUT2D eigenvalue weighted by atomic mass is 35.5. The Morgan fingerprint density at radius 2 is 2.10 bits per heavy atom. The number of thioether (sulfide) groups is 1. The molecule has 0 atom stereocenters. The van der Waals surface area contributed by atoms with E-state index < -0.39 is 0 Å². The van der Waals surface area contributed by atoms with Crippen LogP contribution in [-0.2, 0) is 6.54 Å². The molecule has 2 aromatic rings. The Balaban J connectivity index is 2.16. The minimum Gasteiger partial charge on any atom is -0.313 e. The predicted octanol–water partition coefficient (Wildman–Crippen LogP) is 4.56. The van der Waals surface area contributed by atoms with Crippen molar-refractivity contribution in [3.63, 3.8) is 0 Å². The van der Waals surface area contributed by atoms with Crippen LogP contribution < -0.4 is 5.32 Å². The van der Waals surface area contributed by atoms with E-state index in [0.717, 1.165) is 38.1 Å². The summed E-state index contributed by atoms with van der Waals surface area (Å²) in [7, 11) is 0. The Morgan fingerprint density at radius 1 is 1.30 bits per heavy atom. The highest BCUT2D eigenvalue weighted by Crippen LogP contribution is 2.38. The third-order valence-electron chi connectivity index (χ3n) is 2.54. The van der Waals surface area contributed by atoms with Crippen LogP contribution in [0.5, 0.6) is 0 Å². The lowest BCUT2D eigenvalue weighted by atomic mass is 10.2. The van der Waals surface area contributed by atoms with Crippen molar-refractivity contribution in [2.24, 2.45) is 0 Å². The fourth-order valence-corrected chi connectivity index (χ4v) is 4.44. The maximum absolute atomic E-state index is 6.34. The van der Waals surface area contributed by atoms with Gasteiger partial charge in [0.15, 0.2) is 8.68 Å². The first-order valence-corrected chi connectivity index (χ1v) is 9.51. The van der Waals surface area contributed by atoms with Gasteiger partial charge in [0.25, 0.3) is 0 Å².